The third-order valence-electron chi connectivity index (χ3n) is 4.39. The quantitative estimate of drug-likeness (QED) is 0.927. The van der Waals surface area contributed by atoms with E-state index in [1.165, 1.54) is 11.3 Å². The van der Waals surface area contributed by atoms with Crippen molar-refractivity contribution in [2.45, 2.75) is 38.1 Å². The zero-order valence-electron chi connectivity index (χ0n) is 12.2. The normalized spacial score (nSPS) is 23.1. The number of carbonyl (C=O) groups is 1. The number of hydrogen-bond acceptors (Lipinski definition) is 5. The summed E-state index contributed by atoms with van der Waals surface area (Å²) in [5.41, 5.74) is 0.904. The highest BCUT2D eigenvalue weighted by molar-refractivity contribution is 7.17. The maximum absolute atomic E-state index is 11.4. The first-order valence-corrected chi connectivity index (χ1v) is 7.90. The Balaban J connectivity index is 1.87. The smallest absolute Gasteiger partial charge is 0.347 e. The molecule has 110 valence electrons. The van der Waals surface area contributed by atoms with Crippen LogP contribution in [0.25, 0.3) is 0 Å². The lowest BCUT2D eigenvalue weighted by Crippen LogP contribution is -2.57. The van der Waals surface area contributed by atoms with Gasteiger partial charge in [0.2, 0.25) is 0 Å². The summed E-state index contributed by atoms with van der Waals surface area (Å²) in [5.74, 6) is -0.449. The number of carboxylic acids is 1. The summed E-state index contributed by atoms with van der Waals surface area (Å²) in [4.78, 5) is 21.1. The van der Waals surface area contributed by atoms with Gasteiger partial charge in [-0.05, 0) is 33.7 Å². The molecule has 2 fully saturated rings. The molecule has 0 spiro atoms. The van der Waals surface area contributed by atoms with Crippen molar-refractivity contribution in [3.63, 3.8) is 0 Å². The van der Waals surface area contributed by atoms with E-state index in [4.69, 9.17) is 0 Å². The van der Waals surface area contributed by atoms with E-state index in [9.17, 15) is 9.90 Å². The van der Waals surface area contributed by atoms with E-state index in [1.807, 2.05) is 0 Å². The Kier molecular flexibility index (Phi) is 3.25. The Bertz CT molecular complexity index is 537. The minimum Gasteiger partial charge on any atom is -0.477 e. The molecule has 2 heterocycles. The van der Waals surface area contributed by atoms with Gasteiger partial charge in [-0.15, -0.1) is 0 Å². The lowest BCUT2D eigenvalue weighted by molar-refractivity contribution is 0.0700. The summed E-state index contributed by atoms with van der Waals surface area (Å²) in [6.07, 6.45) is 2.16. The molecule has 2 aliphatic rings. The topological polar surface area (TPSA) is 56.7 Å². The number of hydrogen-bond donors (Lipinski definition) is 1. The molecule has 1 saturated heterocycles. The lowest BCUT2D eigenvalue weighted by Gasteiger charge is -2.45. The molecule has 1 aliphatic heterocycles. The maximum Gasteiger partial charge on any atom is 0.347 e. The zero-order chi connectivity index (χ0) is 14.5. The molecule has 3 rings (SSSR count). The molecule has 0 amide bonds. The van der Waals surface area contributed by atoms with Crippen LogP contribution in [-0.2, 0) is 0 Å². The van der Waals surface area contributed by atoms with E-state index in [-0.39, 0.29) is 5.54 Å². The van der Waals surface area contributed by atoms with Crippen molar-refractivity contribution in [1.29, 1.82) is 0 Å². The van der Waals surface area contributed by atoms with Crippen molar-refractivity contribution >= 4 is 22.4 Å². The van der Waals surface area contributed by atoms with E-state index >= 15 is 0 Å². The first-order chi connectivity index (χ1) is 9.38. The highest BCUT2D eigenvalue weighted by atomic mass is 32.1. The van der Waals surface area contributed by atoms with Crippen molar-refractivity contribution in [2.75, 3.05) is 31.6 Å². The fourth-order valence-corrected chi connectivity index (χ4v) is 3.66. The third kappa shape index (κ3) is 2.42. The number of anilines is 1. The largest absolute Gasteiger partial charge is 0.477 e. The number of rotatable bonds is 3. The van der Waals surface area contributed by atoms with Crippen LogP contribution in [0.15, 0.2) is 0 Å². The summed E-state index contributed by atoms with van der Waals surface area (Å²) in [6.45, 7) is 7.21. The lowest BCUT2D eigenvalue weighted by atomic mass is 10.0. The van der Waals surface area contributed by atoms with Gasteiger partial charge in [-0.2, -0.15) is 0 Å². The van der Waals surface area contributed by atoms with Crippen molar-refractivity contribution < 1.29 is 9.90 Å². The van der Waals surface area contributed by atoms with Gasteiger partial charge in [-0.25, -0.2) is 9.78 Å². The SMILES string of the molecule is CN1CCN(c2nc(C3CC3)c(C(=O)O)s2)CC1(C)C. The molecular formula is C14H21N3O2S. The molecule has 1 aromatic rings. The predicted octanol–water partition coefficient (Wildman–Crippen LogP) is 2.25. The van der Waals surface area contributed by atoms with Crippen molar-refractivity contribution in [3.8, 4) is 0 Å². The number of likely N-dealkylation sites (N-methyl/N-ethyl adjacent to an activating group) is 1. The third-order valence-corrected chi connectivity index (χ3v) is 5.51. The zero-order valence-corrected chi connectivity index (χ0v) is 13.0. The molecule has 20 heavy (non-hydrogen) atoms. The minimum atomic E-state index is -0.830. The Morgan fingerprint density at radius 3 is 2.65 bits per heavy atom. The van der Waals surface area contributed by atoms with Gasteiger partial charge in [0.15, 0.2) is 5.13 Å². The Labute approximate surface area is 123 Å². The summed E-state index contributed by atoms with van der Waals surface area (Å²) in [5, 5.41) is 10.2. The fraction of sp³-hybridized carbons (Fsp3) is 0.714. The van der Waals surface area contributed by atoms with Crippen LogP contribution in [-0.4, -0.2) is 53.2 Å². The number of aromatic nitrogens is 1. The molecule has 0 unspecified atom stereocenters. The maximum atomic E-state index is 11.4. The average Bonchev–Trinajstić information content (AvgIpc) is 3.11. The summed E-state index contributed by atoms with van der Waals surface area (Å²) >= 11 is 1.34. The van der Waals surface area contributed by atoms with Crippen molar-refractivity contribution in [2.24, 2.45) is 0 Å². The highest BCUT2D eigenvalue weighted by Gasteiger charge is 2.36. The molecule has 1 saturated carbocycles. The van der Waals surface area contributed by atoms with Gasteiger partial charge in [0.05, 0.1) is 5.69 Å². The number of piperazine rings is 1. The molecule has 6 heteroatoms. The molecule has 0 atom stereocenters. The van der Waals surface area contributed by atoms with E-state index in [0.717, 1.165) is 43.3 Å². The van der Waals surface area contributed by atoms with Gasteiger partial charge in [-0.1, -0.05) is 11.3 Å². The Morgan fingerprint density at radius 1 is 1.40 bits per heavy atom. The van der Waals surface area contributed by atoms with E-state index in [2.05, 4.69) is 35.7 Å². The summed E-state index contributed by atoms with van der Waals surface area (Å²) in [6, 6.07) is 0. The average molecular weight is 295 g/mol. The van der Waals surface area contributed by atoms with Crippen LogP contribution in [0.2, 0.25) is 0 Å². The standard InChI is InChI=1S/C14H21N3O2S/c1-14(2)8-17(7-6-16(14)3)13-15-10(9-4-5-9)11(20-13)12(18)19/h9H,4-8H2,1-3H3,(H,18,19). The molecule has 1 aliphatic carbocycles. The summed E-state index contributed by atoms with van der Waals surface area (Å²) in [7, 11) is 2.14. The van der Waals surface area contributed by atoms with Gasteiger partial charge in [0, 0.05) is 31.1 Å². The van der Waals surface area contributed by atoms with Crippen molar-refractivity contribution in [3.05, 3.63) is 10.6 Å². The minimum absolute atomic E-state index is 0.0903. The number of nitrogens with zero attached hydrogens (tertiary/aromatic N) is 3. The van der Waals surface area contributed by atoms with Crippen LogP contribution in [0.1, 0.15) is 48.0 Å². The first kappa shape index (κ1) is 13.8. The molecule has 0 aromatic carbocycles. The van der Waals surface area contributed by atoms with Crippen molar-refractivity contribution in [1.82, 2.24) is 9.88 Å². The van der Waals surface area contributed by atoms with E-state index in [1.54, 1.807) is 0 Å². The van der Waals surface area contributed by atoms with Crippen LogP contribution in [0.5, 0.6) is 0 Å². The van der Waals surface area contributed by atoms with Gasteiger partial charge in [0.25, 0.3) is 0 Å². The molecular weight excluding hydrogens is 274 g/mol. The fourth-order valence-electron chi connectivity index (χ4n) is 2.65. The molecule has 0 radical (unpaired) electrons. The van der Waals surface area contributed by atoms with Crippen LogP contribution in [0.4, 0.5) is 5.13 Å². The van der Waals surface area contributed by atoms with Crippen LogP contribution in [0.3, 0.4) is 0 Å². The number of thiazole rings is 1. The van der Waals surface area contributed by atoms with E-state index in [0.29, 0.717) is 10.8 Å². The Hall–Kier alpha value is -1.14. The van der Waals surface area contributed by atoms with Gasteiger partial charge >= 0.3 is 5.97 Å². The van der Waals surface area contributed by atoms with Crippen LogP contribution < -0.4 is 4.90 Å². The Morgan fingerprint density at radius 2 is 2.10 bits per heavy atom. The number of aromatic carboxylic acids is 1. The van der Waals surface area contributed by atoms with Gasteiger partial charge in [-0.3, -0.25) is 4.90 Å². The summed E-state index contributed by atoms with van der Waals surface area (Å²) < 4.78 is 0. The molecule has 1 N–H and O–H groups in total. The van der Waals surface area contributed by atoms with Crippen LogP contribution in [0, 0.1) is 0 Å². The second kappa shape index (κ2) is 4.70. The van der Waals surface area contributed by atoms with Crippen LogP contribution >= 0.6 is 11.3 Å². The van der Waals surface area contributed by atoms with Gasteiger partial charge in [0.1, 0.15) is 4.88 Å². The molecule has 0 bridgehead atoms. The second-order valence-electron chi connectivity index (χ2n) is 6.45. The molecule has 1 aromatic heterocycles. The monoisotopic (exact) mass is 295 g/mol. The predicted molar refractivity (Wildman–Crippen MR) is 80.0 cm³/mol. The van der Waals surface area contributed by atoms with Gasteiger partial charge < -0.3 is 10.0 Å². The highest BCUT2D eigenvalue weighted by Crippen LogP contribution is 2.44. The molecule has 5 nitrogen and oxygen atoms in total. The first-order valence-electron chi connectivity index (χ1n) is 7.09. The number of carboxylic acid groups (broad SMARTS) is 1. The second-order valence-corrected chi connectivity index (χ2v) is 7.42. The van der Waals surface area contributed by atoms with E-state index < -0.39 is 5.97 Å².